The highest BCUT2D eigenvalue weighted by atomic mass is 35.5. The smallest absolute Gasteiger partial charge is 0.231 e. The van der Waals surface area contributed by atoms with Crippen LogP contribution in [0.25, 0.3) is 11.0 Å². The van der Waals surface area contributed by atoms with Gasteiger partial charge in [0.25, 0.3) is 0 Å². The molecule has 0 spiro atoms. The maximum Gasteiger partial charge on any atom is 0.231 e. The van der Waals surface area contributed by atoms with Crippen molar-refractivity contribution in [3.63, 3.8) is 0 Å². The van der Waals surface area contributed by atoms with E-state index in [1.165, 1.54) is 19.3 Å². The summed E-state index contributed by atoms with van der Waals surface area (Å²) < 4.78 is 6.68. The first-order chi connectivity index (χ1) is 12.6. The molecule has 140 valence electrons. The van der Waals surface area contributed by atoms with Crippen LogP contribution in [0.1, 0.15) is 26.2 Å². The second-order valence-electron chi connectivity index (χ2n) is 6.24. The Balaban J connectivity index is 0.000000339. The molecule has 8 nitrogen and oxygen atoms in total. The van der Waals surface area contributed by atoms with Gasteiger partial charge in [-0.2, -0.15) is 15.1 Å². The van der Waals surface area contributed by atoms with E-state index >= 15 is 0 Å². The molecule has 26 heavy (non-hydrogen) atoms. The van der Waals surface area contributed by atoms with Crippen molar-refractivity contribution < 1.29 is 4.74 Å². The number of methoxy groups -OCH3 is 1. The molecule has 1 aliphatic rings. The number of rotatable bonds is 6. The zero-order chi connectivity index (χ0) is 18.5. The molecule has 0 amide bonds. The van der Waals surface area contributed by atoms with Crippen molar-refractivity contribution in [3.05, 3.63) is 23.6 Å². The largest absolute Gasteiger partial charge is 0.383 e. The van der Waals surface area contributed by atoms with Gasteiger partial charge in [-0.15, -0.1) is 0 Å². The van der Waals surface area contributed by atoms with Crippen LogP contribution in [0, 0.1) is 5.92 Å². The van der Waals surface area contributed by atoms with Gasteiger partial charge < -0.3 is 20.8 Å². The Morgan fingerprint density at radius 2 is 2.23 bits per heavy atom. The standard InChI is InChI=1S/C12H14ClN7O.C5H10/c1-21-5-4-20-6-8(9(13)19-20)16-12-17-10(14)7-2-3-15-11(7)18-12;1-2-5-3-4-5/h2-3,6H,4-5H2,1H3,(H4,14,15,16,17,18);5H,2-4H2,1H3. The summed E-state index contributed by atoms with van der Waals surface area (Å²) in [6, 6.07) is 1.82. The summed E-state index contributed by atoms with van der Waals surface area (Å²) in [4.78, 5) is 11.5. The molecule has 1 aliphatic carbocycles. The van der Waals surface area contributed by atoms with Crippen molar-refractivity contribution >= 4 is 40.1 Å². The van der Waals surface area contributed by atoms with Crippen molar-refractivity contribution in [2.24, 2.45) is 5.92 Å². The third-order valence-corrected chi connectivity index (χ3v) is 4.49. The number of aromatic amines is 1. The number of hydrogen-bond donors (Lipinski definition) is 3. The average molecular weight is 378 g/mol. The molecule has 1 saturated carbocycles. The fourth-order valence-electron chi connectivity index (χ4n) is 2.45. The highest BCUT2D eigenvalue weighted by molar-refractivity contribution is 6.32. The van der Waals surface area contributed by atoms with Gasteiger partial charge in [-0.25, -0.2) is 0 Å². The summed E-state index contributed by atoms with van der Waals surface area (Å²) in [6.07, 6.45) is 7.96. The van der Waals surface area contributed by atoms with Crippen molar-refractivity contribution in [2.75, 3.05) is 24.8 Å². The Kier molecular flexibility index (Phi) is 5.95. The Labute approximate surface area is 157 Å². The van der Waals surface area contributed by atoms with Gasteiger partial charge in [-0.1, -0.05) is 37.8 Å². The molecular weight excluding hydrogens is 354 g/mol. The molecule has 0 radical (unpaired) electrons. The van der Waals surface area contributed by atoms with Crippen LogP contribution in [0.15, 0.2) is 18.5 Å². The predicted octanol–water partition coefficient (Wildman–Crippen LogP) is 3.59. The lowest BCUT2D eigenvalue weighted by Gasteiger charge is -2.04. The maximum atomic E-state index is 6.08. The Morgan fingerprint density at radius 3 is 2.88 bits per heavy atom. The van der Waals surface area contributed by atoms with E-state index in [4.69, 9.17) is 22.1 Å². The number of aromatic nitrogens is 5. The minimum Gasteiger partial charge on any atom is -0.383 e. The average Bonchev–Trinajstić information content (AvgIpc) is 3.25. The number of anilines is 3. The number of nitrogen functional groups attached to an aromatic ring is 1. The summed E-state index contributed by atoms with van der Waals surface area (Å²) in [5, 5.41) is 8.29. The van der Waals surface area contributed by atoms with E-state index in [2.05, 4.69) is 32.3 Å². The topological polar surface area (TPSA) is 107 Å². The van der Waals surface area contributed by atoms with Crippen molar-refractivity contribution in [1.82, 2.24) is 24.7 Å². The normalized spacial score (nSPS) is 13.5. The van der Waals surface area contributed by atoms with Crippen LogP contribution in [0.4, 0.5) is 17.5 Å². The van der Waals surface area contributed by atoms with Gasteiger partial charge in [-0.3, -0.25) is 4.68 Å². The van der Waals surface area contributed by atoms with Crippen LogP contribution in [-0.2, 0) is 11.3 Å². The number of hydrogen-bond acceptors (Lipinski definition) is 6. The minimum atomic E-state index is 0.333. The summed E-state index contributed by atoms with van der Waals surface area (Å²) in [5.74, 6) is 1.89. The van der Waals surface area contributed by atoms with Crippen LogP contribution < -0.4 is 11.1 Å². The van der Waals surface area contributed by atoms with Gasteiger partial charge in [0.15, 0.2) is 5.15 Å². The van der Waals surface area contributed by atoms with E-state index < -0.39 is 0 Å². The predicted molar refractivity (Wildman–Crippen MR) is 104 cm³/mol. The number of nitrogens with zero attached hydrogens (tertiary/aromatic N) is 4. The molecule has 0 saturated heterocycles. The Bertz CT molecular complexity index is 856. The Morgan fingerprint density at radius 1 is 1.42 bits per heavy atom. The highest BCUT2D eigenvalue weighted by Crippen LogP contribution is 2.31. The lowest BCUT2D eigenvalue weighted by molar-refractivity contribution is 0.183. The monoisotopic (exact) mass is 377 g/mol. The molecule has 4 rings (SSSR count). The number of halogens is 1. The zero-order valence-electron chi connectivity index (χ0n) is 15.0. The van der Waals surface area contributed by atoms with E-state index in [1.54, 1.807) is 24.2 Å². The summed E-state index contributed by atoms with van der Waals surface area (Å²) in [6.45, 7) is 3.42. The first kappa shape index (κ1) is 18.5. The molecule has 0 bridgehead atoms. The molecule has 9 heteroatoms. The van der Waals surface area contributed by atoms with E-state index in [-0.39, 0.29) is 0 Å². The number of nitrogens with two attached hydrogens (primary N) is 1. The molecule has 3 heterocycles. The van der Waals surface area contributed by atoms with E-state index in [1.807, 2.05) is 6.07 Å². The molecule has 0 aliphatic heterocycles. The second kappa shape index (κ2) is 8.37. The minimum absolute atomic E-state index is 0.333. The van der Waals surface area contributed by atoms with Crippen LogP contribution in [-0.4, -0.2) is 38.4 Å². The molecule has 3 aromatic rings. The van der Waals surface area contributed by atoms with Gasteiger partial charge in [0.1, 0.15) is 11.5 Å². The SMILES string of the molecule is CCC1CC1.COCCn1cc(Nc2nc(N)c3cc[nH]c3n2)c(Cl)n1. The van der Waals surface area contributed by atoms with E-state index in [0.29, 0.717) is 41.4 Å². The second-order valence-corrected chi connectivity index (χ2v) is 6.60. The fraction of sp³-hybridized carbons (Fsp3) is 0.471. The number of ether oxygens (including phenoxy) is 1. The summed E-state index contributed by atoms with van der Waals surface area (Å²) in [5.41, 5.74) is 7.15. The summed E-state index contributed by atoms with van der Waals surface area (Å²) >= 11 is 6.08. The van der Waals surface area contributed by atoms with Gasteiger partial charge in [-0.05, 0) is 12.0 Å². The van der Waals surface area contributed by atoms with Gasteiger partial charge in [0, 0.05) is 13.3 Å². The van der Waals surface area contributed by atoms with Crippen molar-refractivity contribution in [2.45, 2.75) is 32.7 Å². The van der Waals surface area contributed by atoms with Crippen LogP contribution in [0.2, 0.25) is 5.15 Å². The van der Waals surface area contributed by atoms with Crippen LogP contribution >= 0.6 is 11.6 Å². The van der Waals surface area contributed by atoms with Gasteiger partial charge in [0.05, 0.1) is 30.4 Å². The van der Waals surface area contributed by atoms with E-state index in [0.717, 1.165) is 11.3 Å². The third-order valence-electron chi connectivity index (χ3n) is 4.21. The lowest BCUT2D eigenvalue weighted by Crippen LogP contribution is -2.04. The molecular formula is C17H24ClN7O. The number of H-pyrrole nitrogens is 1. The zero-order valence-corrected chi connectivity index (χ0v) is 15.8. The third kappa shape index (κ3) is 4.64. The molecule has 0 unspecified atom stereocenters. The number of nitrogens with one attached hydrogen (secondary N) is 2. The Hall–Kier alpha value is -2.32. The summed E-state index contributed by atoms with van der Waals surface area (Å²) in [7, 11) is 1.63. The molecule has 1 fully saturated rings. The van der Waals surface area contributed by atoms with Crippen LogP contribution in [0.5, 0.6) is 0 Å². The van der Waals surface area contributed by atoms with Gasteiger partial charge >= 0.3 is 0 Å². The fourth-order valence-corrected chi connectivity index (χ4v) is 2.64. The van der Waals surface area contributed by atoms with Crippen LogP contribution in [0.3, 0.4) is 0 Å². The first-order valence-corrected chi connectivity index (χ1v) is 9.08. The number of fused-ring (bicyclic) bond motifs is 1. The van der Waals surface area contributed by atoms with Crippen molar-refractivity contribution in [1.29, 1.82) is 0 Å². The lowest BCUT2D eigenvalue weighted by atomic mass is 10.3. The maximum absolute atomic E-state index is 6.08. The first-order valence-electron chi connectivity index (χ1n) is 8.70. The highest BCUT2D eigenvalue weighted by Gasteiger charge is 2.17. The van der Waals surface area contributed by atoms with E-state index in [9.17, 15) is 0 Å². The molecule has 4 N–H and O–H groups in total. The quantitative estimate of drug-likeness (QED) is 0.606. The molecule has 3 aromatic heterocycles. The van der Waals surface area contributed by atoms with Gasteiger partial charge in [0.2, 0.25) is 5.95 Å². The van der Waals surface area contributed by atoms with Crippen molar-refractivity contribution in [3.8, 4) is 0 Å². The molecule has 0 aromatic carbocycles. The molecule has 0 atom stereocenters.